The summed E-state index contributed by atoms with van der Waals surface area (Å²) in [5.74, 6) is 2.06. The van der Waals surface area contributed by atoms with Crippen LogP contribution in [0.2, 0.25) is 0 Å². The Bertz CT molecular complexity index is 590. The van der Waals surface area contributed by atoms with Gasteiger partial charge in [0.25, 0.3) is 0 Å². The Morgan fingerprint density at radius 2 is 2.19 bits per heavy atom. The maximum atomic E-state index is 12.0. The highest BCUT2D eigenvalue weighted by Gasteiger charge is 2.21. The molecule has 1 saturated carbocycles. The number of likely N-dealkylation sites (N-methyl/N-ethyl adjacent to an activating group) is 1. The van der Waals surface area contributed by atoms with Crippen LogP contribution in [0.4, 0.5) is 5.82 Å². The summed E-state index contributed by atoms with van der Waals surface area (Å²) in [6.07, 6.45) is 4.66. The zero-order valence-electron chi connectivity index (χ0n) is 16.5. The summed E-state index contributed by atoms with van der Waals surface area (Å²) in [4.78, 5) is 22.8. The highest BCUT2D eigenvalue weighted by Crippen LogP contribution is 2.28. The van der Waals surface area contributed by atoms with Crippen LogP contribution in [-0.4, -0.2) is 61.6 Å². The van der Waals surface area contributed by atoms with Gasteiger partial charge in [-0.05, 0) is 44.2 Å². The number of pyridine rings is 1. The average Bonchev–Trinajstić information content (AvgIpc) is 3.44. The number of halogens is 1. The smallest absolute Gasteiger partial charge is 0.227 e. The van der Waals surface area contributed by atoms with Crippen molar-refractivity contribution in [1.29, 1.82) is 0 Å². The predicted octanol–water partition coefficient (Wildman–Crippen LogP) is 2.66. The van der Waals surface area contributed by atoms with Crippen molar-refractivity contribution >= 4 is 41.7 Å². The molecule has 0 saturated heterocycles. The summed E-state index contributed by atoms with van der Waals surface area (Å²) in [5.41, 5.74) is 1.06. The second-order valence-electron chi connectivity index (χ2n) is 6.69. The molecule has 1 fully saturated rings. The van der Waals surface area contributed by atoms with E-state index in [4.69, 9.17) is 4.74 Å². The summed E-state index contributed by atoms with van der Waals surface area (Å²) in [6.45, 7) is 7.54. The third-order valence-electron chi connectivity index (χ3n) is 4.10. The fourth-order valence-electron chi connectivity index (χ4n) is 2.32. The van der Waals surface area contributed by atoms with Crippen molar-refractivity contribution in [2.75, 3.05) is 45.2 Å². The molecule has 1 aliphatic carbocycles. The number of hydrogen-bond acceptors (Lipinski definition) is 4. The molecule has 0 spiro atoms. The Morgan fingerprint density at radius 1 is 1.41 bits per heavy atom. The van der Waals surface area contributed by atoms with Gasteiger partial charge in [0, 0.05) is 39.4 Å². The van der Waals surface area contributed by atoms with E-state index in [-0.39, 0.29) is 29.9 Å². The first-order valence-electron chi connectivity index (χ1n) is 9.38. The summed E-state index contributed by atoms with van der Waals surface area (Å²) in [5, 5.41) is 6.04. The Kier molecular flexibility index (Phi) is 11.3. The van der Waals surface area contributed by atoms with Crippen LogP contribution in [0.3, 0.4) is 0 Å². The van der Waals surface area contributed by atoms with Crippen LogP contribution < -0.4 is 10.6 Å². The zero-order chi connectivity index (χ0) is 18.8. The molecule has 2 rings (SSSR count). The van der Waals surface area contributed by atoms with Crippen molar-refractivity contribution in [3.05, 3.63) is 23.9 Å². The van der Waals surface area contributed by atoms with E-state index in [1.54, 1.807) is 12.3 Å². The molecule has 0 aromatic carbocycles. The molecule has 1 heterocycles. The highest BCUT2D eigenvalue weighted by atomic mass is 127. The SMILES string of the molecule is CCNC(=NCCC(=O)Nc1ccc(C)cn1)N(C)CCOCC1CC1.I. The van der Waals surface area contributed by atoms with Crippen LogP contribution >= 0.6 is 24.0 Å². The van der Waals surface area contributed by atoms with Crippen molar-refractivity contribution in [3.63, 3.8) is 0 Å². The monoisotopic (exact) mass is 489 g/mol. The molecule has 8 heteroatoms. The van der Waals surface area contributed by atoms with Crippen LogP contribution in [0.15, 0.2) is 23.3 Å². The molecule has 0 bridgehead atoms. The first-order chi connectivity index (χ1) is 12.6. The number of hydrogen-bond donors (Lipinski definition) is 2. The van der Waals surface area contributed by atoms with Gasteiger partial charge in [-0.15, -0.1) is 24.0 Å². The zero-order valence-corrected chi connectivity index (χ0v) is 18.9. The van der Waals surface area contributed by atoms with E-state index < -0.39 is 0 Å². The summed E-state index contributed by atoms with van der Waals surface area (Å²) < 4.78 is 5.68. The molecule has 0 aliphatic heterocycles. The van der Waals surface area contributed by atoms with Crippen molar-refractivity contribution in [2.24, 2.45) is 10.9 Å². The van der Waals surface area contributed by atoms with Gasteiger partial charge in [-0.2, -0.15) is 0 Å². The molecule has 1 aliphatic rings. The number of amides is 1. The largest absolute Gasteiger partial charge is 0.379 e. The van der Waals surface area contributed by atoms with E-state index in [1.165, 1.54) is 12.8 Å². The van der Waals surface area contributed by atoms with Crippen molar-refractivity contribution < 1.29 is 9.53 Å². The fourth-order valence-corrected chi connectivity index (χ4v) is 2.32. The lowest BCUT2D eigenvalue weighted by Gasteiger charge is -2.22. The summed E-state index contributed by atoms with van der Waals surface area (Å²) in [6, 6.07) is 3.72. The molecular formula is C19H32IN5O2. The fraction of sp³-hybridized carbons (Fsp3) is 0.632. The lowest BCUT2D eigenvalue weighted by Crippen LogP contribution is -2.40. The number of ether oxygens (including phenoxy) is 1. The quantitative estimate of drug-likeness (QED) is 0.229. The minimum atomic E-state index is -0.0867. The number of aryl methyl sites for hydroxylation is 1. The van der Waals surface area contributed by atoms with Crippen LogP contribution in [0.25, 0.3) is 0 Å². The molecule has 1 aromatic heterocycles. The summed E-state index contributed by atoms with van der Waals surface area (Å²) >= 11 is 0. The highest BCUT2D eigenvalue weighted by molar-refractivity contribution is 14.0. The maximum Gasteiger partial charge on any atom is 0.227 e. The van der Waals surface area contributed by atoms with Gasteiger partial charge >= 0.3 is 0 Å². The predicted molar refractivity (Wildman–Crippen MR) is 120 cm³/mol. The van der Waals surface area contributed by atoms with E-state index in [0.717, 1.165) is 37.1 Å². The van der Waals surface area contributed by atoms with Crippen molar-refractivity contribution in [3.8, 4) is 0 Å². The number of nitrogens with zero attached hydrogens (tertiary/aromatic N) is 3. The van der Waals surface area contributed by atoms with E-state index >= 15 is 0 Å². The van der Waals surface area contributed by atoms with Gasteiger partial charge in [0.1, 0.15) is 5.82 Å². The molecule has 1 aromatic rings. The molecule has 27 heavy (non-hydrogen) atoms. The third-order valence-corrected chi connectivity index (χ3v) is 4.10. The number of guanidine groups is 1. The minimum absolute atomic E-state index is 0. The second-order valence-corrected chi connectivity index (χ2v) is 6.69. The van der Waals surface area contributed by atoms with Gasteiger partial charge < -0.3 is 20.3 Å². The Morgan fingerprint density at radius 3 is 2.81 bits per heavy atom. The number of nitrogens with one attached hydrogen (secondary N) is 2. The number of carbonyl (C=O) groups excluding carboxylic acids is 1. The number of carbonyl (C=O) groups is 1. The van der Waals surface area contributed by atoms with Gasteiger partial charge in [0.2, 0.25) is 5.91 Å². The van der Waals surface area contributed by atoms with Crippen molar-refractivity contribution in [1.82, 2.24) is 15.2 Å². The van der Waals surface area contributed by atoms with Crippen LogP contribution in [0.1, 0.15) is 31.7 Å². The first-order valence-corrected chi connectivity index (χ1v) is 9.38. The Hall–Kier alpha value is -1.42. The standard InChI is InChI=1S/C19H31N5O2.HI/c1-4-20-19(24(3)11-12-26-14-16-6-7-16)21-10-9-18(25)23-17-8-5-15(2)13-22-17;/h5,8,13,16H,4,6-7,9-12,14H2,1-3H3,(H,20,21)(H,22,23,25);1H. The second kappa shape index (κ2) is 12.9. The van der Waals surface area contributed by atoms with Crippen LogP contribution in [0, 0.1) is 12.8 Å². The minimum Gasteiger partial charge on any atom is -0.379 e. The van der Waals surface area contributed by atoms with E-state index in [9.17, 15) is 4.79 Å². The average molecular weight is 489 g/mol. The topological polar surface area (TPSA) is 78.8 Å². The molecule has 0 atom stereocenters. The molecule has 0 unspecified atom stereocenters. The first kappa shape index (κ1) is 23.6. The van der Waals surface area contributed by atoms with E-state index in [1.807, 2.05) is 31.9 Å². The van der Waals surface area contributed by atoms with Crippen LogP contribution in [-0.2, 0) is 9.53 Å². The molecule has 1 amide bonds. The number of rotatable bonds is 10. The van der Waals surface area contributed by atoms with Gasteiger partial charge in [-0.1, -0.05) is 6.07 Å². The molecule has 152 valence electrons. The lowest BCUT2D eigenvalue weighted by atomic mass is 10.3. The lowest BCUT2D eigenvalue weighted by molar-refractivity contribution is -0.116. The molecule has 0 radical (unpaired) electrons. The number of aliphatic imine (C=N–C) groups is 1. The molecule has 2 N–H and O–H groups in total. The van der Waals surface area contributed by atoms with E-state index in [2.05, 4.69) is 20.6 Å². The Balaban J connectivity index is 0.00000364. The van der Waals surface area contributed by atoms with Crippen LogP contribution in [0.5, 0.6) is 0 Å². The maximum absolute atomic E-state index is 12.0. The van der Waals surface area contributed by atoms with E-state index in [0.29, 0.717) is 25.4 Å². The third kappa shape index (κ3) is 9.90. The van der Waals surface area contributed by atoms with Crippen molar-refractivity contribution in [2.45, 2.75) is 33.1 Å². The number of aromatic nitrogens is 1. The molecule has 7 nitrogen and oxygen atoms in total. The van der Waals surface area contributed by atoms with Gasteiger partial charge in [-0.25, -0.2) is 4.98 Å². The van der Waals surface area contributed by atoms with Gasteiger partial charge in [0.15, 0.2) is 5.96 Å². The van der Waals surface area contributed by atoms with Gasteiger partial charge in [-0.3, -0.25) is 9.79 Å². The Labute approximate surface area is 179 Å². The molecular weight excluding hydrogens is 457 g/mol. The normalized spacial score (nSPS) is 13.7. The summed E-state index contributed by atoms with van der Waals surface area (Å²) in [7, 11) is 1.98. The number of anilines is 1. The van der Waals surface area contributed by atoms with Gasteiger partial charge in [0.05, 0.1) is 13.2 Å².